The van der Waals surface area contributed by atoms with Gasteiger partial charge in [0.05, 0.1) is 45.1 Å². The Hall–Kier alpha value is -3.62. The quantitative estimate of drug-likeness (QED) is 0.698. The first-order chi connectivity index (χ1) is 13.5. The number of hydrogen-bond acceptors (Lipinski definition) is 7. The maximum atomic E-state index is 12.6. The van der Waals surface area contributed by atoms with Crippen molar-refractivity contribution in [1.29, 1.82) is 0 Å². The molecule has 1 N–H and O–H groups in total. The van der Waals surface area contributed by atoms with Gasteiger partial charge in [-0.05, 0) is 32.0 Å². The lowest BCUT2D eigenvalue weighted by Gasteiger charge is -2.14. The molecule has 0 aliphatic rings. The fourth-order valence-corrected chi connectivity index (χ4v) is 2.74. The largest absolute Gasteiger partial charge is 0.493 e. The fourth-order valence-electron chi connectivity index (χ4n) is 2.74. The van der Waals surface area contributed by atoms with Crippen molar-refractivity contribution in [2.75, 3.05) is 26.6 Å². The Bertz CT molecular complexity index is 973. The van der Waals surface area contributed by atoms with Gasteiger partial charge in [0, 0.05) is 11.3 Å². The van der Waals surface area contributed by atoms with Gasteiger partial charge in [-0.25, -0.2) is 14.6 Å². The second kappa shape index (κ2) is 7.95. The number of methoxy groups -OCH3 is 3. The number of aryl methyl sites for hydroxylation is 2. The first-order valence-electron chi connectivity index (χ1n) is 8.44. The molecule has 0 bridgehead atoms. The third-order valence-electron chi connectivity index (χ3n) is 4.02. The zero-order valence-electron chi connectivity index (χ0n) is 16.3. The van der Waals surface area contributed by atoms with E-state index in [1.165, 1.54) is 33.7 Å². The lowest BCUT2D eigenvalue weighted by molar-refractivity contribution is 0.102. The third-order valence-corrected chi connectivity index (χ3v) is 4.02. The van der Waals surface area contributed by atoms with Crippen LogP contribution in [0.25, 0.3) is 5.95 Å². The standard InChI is InChI=1S/C19H21N5O4/c1-11-6-12(2)24(23-11)19-20-9-14(10-21-19)22-18(25)13-7-15(26-3)17(28-5)16(8-13)27-4/h6-10H,1-5H3,(H,22,25). The Morgan fingerprint density at radius 3 is 2.04 bits per heavy atom. The van der Waals surface area contributed by atoms with Gasteiger partial charge in [-0.1, -0.05) is 0 Å². The minimum absolute atomic E-state index is 0.345. The molecule has 0 radical (unpaired) electrons. The highest BCUT2D eigenvalue weighted by Gasteiger charge is 2.17. The molecular weight excluding hydrogens is 362 g/mol. The Labute approximate surface area is 162 Å². The van der Waals surface area contributed by atoms with E-state index in [2.05, 4.69) is 20.4 Å². The monoisotopic (exact) mass is 383 g/mol. The van der Waals surface area contributed by atoms with Crippen LogP contribution >= 0.6 is 0 Å². The minimum atomic E-state index is -0.360. The lowest BCUT2D eigenvalue weighted by Crippen LogP contribution is -2.14. The maximum absolute atomic E-state index is 12.6. The van der Waals surface area contributed by atoms with Crippen LogP contribution < -0.4 is 19.5 Å². The summed E-state index contributed by atoms with van der Waals surface area (Å²) in [5.41, 5.74) is 2.59. The summed E-state index contributed by atoms with van der Waals surface area (Å²) in [4.78, 5) is 21.2. The average Bonchev–Trinajstić information content (AvgIpc) is 3.05. The van der Waals surface area contributed by atoms with Crippen molar-refractivity contribution < 1.29 is 19.0 Å². The summed E-state index contributed by atoms with van der Waals surface area (Å²) in [7, 11) is 4.48. The molecule has 0 aliphatic carbocycles. The number of nitrogens with one attached hydrogen (secondary N) is 1. The van der Waals surface area contributed by atoms with E-state index in [4.69, 9.17) is 14.2 Å². The zero-order valence-corrected chi connectivity index (χ0v) is 16.3. The molecule has 9 nitrogen and oxygen atoms in total. The summed E-state index contributed by atoms with van der Waals surface area (Å²) in [5, 5.41) is 7.09. The Morgan fingerprint density at radius 1 is 0.964 bits per heavy atom. The van der Waals surface area contributed by atoms with Gasteiger partial charge in [0.1, 0.15) is 0 Å². The number of ether oxygens (including phenoxy) is 3. The fraction of sp³-hybridized carbons (Fsp3) is 0.263. The van der Waals surface area contributed by atoms with Gasteiger partial charge in [0.15, 0.2) is 11.5 Å². The highest BCUT2D eigenvalue weighted by Crippen LogP contribution is 2.38. The Balaban J connectivity index is 1.82. The van der Waals surface area contributed by atoms with Crippen molar-refractivity contribution in [3.63, 3.8) is 0 Å². The van der Waals surface area contributed by atoms with Gasteiger partial charge in [-0.2, -0.15) is 5.10 Å². The lowest BCUT2D eigenvalue weighted by atomic mass is 10.1. The third kappa shape index (κ3) is 3.73. The Morgan fingerprint density at radius 2 is 1.57 bits per heavy atom. The van der Waals surface area contributed by atoms with E-state index in [0.717, 1.165) is 11.4 Å². The molecule has 2 aromatic heterocycles. The van der Waals surface area contributed by atoms with Gasteiger partial charge in [0.25, 0.3) is 11.9 Å². The SMILES string of the molecule is COc1cc(C(=O)Nc2cnc(-n3nc(C)cc3C)nc2)cc(OC)c1OC. The number of aromatic nitrogens is 4. The molecule has 0 atom stereocenters. The molecule has 0 unspecified atom stereocenters. The van der Waals surface area contributed by atoms with E-state index >= 15 is 0 Å². The second-order valence-electron chi connectivity index (χ2n) is 5.98. The predicted octanol–water partition coefficient (Wildman–Crippen LogP) is 2.56. The number of carbonyl (C=O) groups is 1. The van der Waals surface area contributed by atoms with Crippen LogP contribution in [0.1, 0.15) is 21.7 Å². The summed E-state index contributed by atoms with van der Waals surface area (Å²) in [5.74, 6) is 1.27. The first-order valence-corrected chi connectivity index (χ1v) is 8.44. The van der Waals surface area contributed by atoms with Crippen LogP contribution in [0.4, 0.5) is 5.69 Å². The molecule has 0 spiro atoms. The summed E-state index contributed by atoms with van der Waals surface area (Å²) in [6.07, 6.45) is 3.04. The molecule has 0 fully saturated rings. The van der Waals surface area contributed by atoms with Gasteiger partial charge in [0.2, 0.25) is 5.75 Å². The molecule has 9 heteroatoms. The van der Waals surface area contributed by atoms with Gasteiger partial charge in [-0.3, -0.25) is 4.79 Å². The second-order valence-corrected chi connectivity index (χ2v) is 5.98. The van der Waals surface area contributed by atoms with Crippen LogP contribution in [0, 0.1) is 13.8 Å². The maximum Gasteiger partial charge on any atom is 0.256 e. The number of nitrogens with zero attached hydrogens (tertiary/aromatic N) is 4. The molecule has 1 aromatic carbocycles. The van der Waals surface area contributed by atoms with Crippen molar-refractivity contribution in [3.8, 4) is 23.2 Å². The van der Waals surface area contributed by atoms with E-state index in [1.54, 1.807) is 16.8 Å². The topological polar surface area (TPSA) is 100 Å². The van der Waals surface area contributed by atoms with Crippen molar-refractivity contribution in [2.24, 2.45) is 0 Å². The number of rotatable bonds is 6. The van der Waals surface area contributed by atoms with E-state index in [1.807, 2.05) is 19.9 Å². The first kappa shape index (κ1) is 19.2. The van der Waals surface area contributed by atoms with Gasteiger partial charge >= 0.3 is 0 Å². The van der Waals surface area contributed by atoms with Gasteiger partial charge < -0.3 is 19.5 Å². The molecule has 28 heavy (non-hydrogen) atoms. The van der Waals surface area contributed by atoms with Crippen LogP contribution in [0.3, 0.4) is 0 Å². The molecule has 146 valence electrons. The highest BCUT2D eigenvalue weighted by molar-refractivity contribution is 6.05. The number of carbonyl (C=O) groups excluding carboxylic acids is 1. The molecule has 2 heterocycles. The molecule has 3 aromatic rings. The number of amides is 1. The number of hydrogen-bond donors (Lipinski definition) is 1. The van der Waals surface area contributed by atoms with Crippen molar-refractivity contribution in [2.45, 2.75) is 13.8 Å². The van der Waals surface area contributed by atoms with Crippen LogP contribution in [0.15, 0.2) is 30.6 Å². The molecule has 0 saturated heterocycles. The molecule has 0 saturated carbocycles. The van der Waals surface area contributed by atoms with Crippen molar-refractivity contribution in [3.05, 3.63) is 47.5 Å². The molecule has 0 aliphatic heterocycles. The van der Waals surface area contributed by atoms with Crippen LogP contribution in [-0.2, 0) is 0 Å². The molecular formula is C19H21N5O4. The van der Waals surface area contributed by atoms with Crippen LogP contribution in [0.5, 0.6) is 17.2 Å². The molecule has 1 amide bonds. The summed E-state index contributed by atoms with van der Waals surface area (Å²) >= 11 is 0. The highest BCUT2D eigenvalue weighted by atomic mass is 16.5. The number of benzene rings is 1. The summed E-state index contributed by atoms with van der Waals surface area (Å²) < 4.78 is 17.5. The van der Waals surface area contributed by atoms with E-state index < -0.39 is 0 Å². The van der Waals surface area contributed by atoms with E-state index in [-0.39, 0.29) is 5.91 Å². The van der Waals surface area contributed by atoms with E-state index in [0.29, 0.717) is 34.4 Å². The number of anilines is 1. The smallest absolute Gasteiger partial charge is 0.256 e. The predicted molar refractivity (Wildman–Crippen MR) is 103 cm³/mol. The Kier molecular flexibility index (Phi) is 5.44. The van der Waals surface area contributed by atoms with E-state index in [9.17, 15) is 4.79 Å². The summed E-state index contributed by atoms with van der Waals surface area (Å²) in [6.45, 7) is 3.82. The zero-order chi connectivity index (χ0) is 20.3. The summed E-state index contributed by atoms with van der Waals surface area (Å²) in [6, 6.07) is 5.08. The minimum Gasteiger partial charge on any atom is -0.493 e. The average molecular weight is 383 g/mol. The normalized spacial score (nSPS) is 10.5. The van der Waals surface area contributed by atoms with Crippen molar-refractivity contribution in [1.82, 2.24) is 19.7 Å². The van der Waals surface area contributed by atoms with Gasteiger partial charge in [-0.15, -0.1) is 0 Å². The van der Waals surface area contributed by atoms with Crippen LogP contribution in [-0.4, -0.2) is 47.0 Å². The molecule has 3 rings (SSSR count). The van der Waals surface area contributed by atoms with Crippen LogP contribution in [0.2, 0.25) is 0 Å². The van der Waals surface area contributed by atoms with Crippen molar-refractivity contribution >= 4 is 11.6 Å².